The number of rotatable bonds is 9. The maximum Gasteiger partial charge on any atom is 0.226 e. The SMILES string of the molecule is CCNC(=NCc1coc(-c2ccc(C)cc2)n1)NCC1CCN(CCOC)CC1. The van der Waals surface area contributed by atoms with Crippen LogP contribution < -0.4 is 10.6 Å². The molecule has 0 atom stereocenters. The zero-order chi connectivity index (χ0) is 21.2. The minimum atomic E-state index is 0.486. The van der Waals surface area contributed by atoms with Crippen LogP contribution in [-0.2, 0) is 11.3 Å². The van der Waals surface area contributed by atoms with E-state index in [0.717, 1.165) is 56.5 Å². The Balaban J connectivity index is 1.48. The predicted octanol–water partition coefficient (Wildman–Crippen LogP) is 3.06. The third-order valence-electron chi connectivity index (χ3n) is 5.47. The quantitative estimate of drug-likeness (QED) is 0.486. The summed E-state index contributed by atoms with van der Waals surface area (Å²) in [7, 11) is 1.76. The van der Waals surface area contributed by atoms with Crippen molar-refractivity contribution in [3.8, 4) is 11.5 Å². The first kappa shape index (κ1) is 22.3. The summed E-state index contributed by atoms with van der Waals surface area (Å²) in [6.07, 6.45) is 4.11. The fourth-order valence-electron chi connectivity index (χ4n) is 3.59. The van der Waals surface area contributed by atoms with Crippen molar-refractivity contribution >= 4 is 5.96 Å². The lowest BCUT2D eigenvalue weighted by atomic mass is 9.97. The summed E-state index contributed by atoms with van der Waals surface area (Å²) in [6, 6.07) is 8.18. The molecule has 1 fully saturated rings. The van der Waals surface area contributed by atoms with Crippen molar-refractivity contribution in [3.05, 3.63) is 41.8 Å². The Kier molecular flexibility index (Phi) is 8.71. The molecular formula is C23H35N5O2. The molecule has 7 heteroatoms. The standard InChI is InChI=1S/C23H35N5O2/c1-4-24-23(25-15-19-9-11-28(12-10-19)13-14-29-3)26-16-21-17-30-22(27-21)20-7-5-18(2)6-8-20/h5-8,17,19H,4,9-16H2,1-3H3,(H2,24,25,26). The van der Waals surface area contributed by atoms with Crippen LogP contribution in [0.5, 0.6) is 0 Å². The lowest BCUT2D eigenvalue weighted by molar-refractivity contribution is 0.121. The average molecular weight is 414 g/mol. The number of nitrogens with one attached hydrogen (secondary N) is 2. The molecule has 1 aromatic heterocycles. The van der Waals surface area contributed by atoms with Crippen molar-refractivity contribution in [3.63, 3.8) is 0 Å². The van der Waals surface area contributed by atoms with E-state index < -0.39 is 0 Å². The van der Waals surface area contributed by atoms with E-state index in [0.29, 0.717) is 18.4 Å². The molecule has 7 nitrogen and oxygen atoms in total. The fraction of sp³-hybridized carbons (Fsp3) is 0.565. The Morgan fingerprint density at radius 3 is 2.70 bits per heavy atom. The molecule has 0 spiro atoms. The van der Waals surface area contributed by atoms with Crippen molar-refractivity contribution in [2.24, 2.45) is 10.9 Å². The number of nitrogens with zero attached hydrogens (tertiary/aromatic N) is 3. The molecule has 3 rings (SSSR count). The van der Waals surface area contributed by atoms with E-state index in [9.17, 15) is 0 Å². The van der Waals surface area contributed by atoms with Gasteiger partial charge in [-0.3, -0.25) is 0 Å². The van der Waals surface area contributed by atoms with Gasteiger partial charge < -0.3 is 24.7 Å². The molecule has 2 aromatic rings. The number of oxazole rings is 1. The number of aryl methyl sites for hydroxylation is 1. The Bertz CT molecular complexity index is 779. The van der Waals surface area contributed by atoms with Crippen LogP contribution in [0.2, 0.25) is 0 Å². The van der Waals surface area contributed by atoms with E-state index in [1.165, 1.54) is 18.4 Å². The van der Waals surface area contributed by atoms with E-state index in [1.54, 1.807) is 13.4 Å². The number of hydrogen-bond donors (Lipinski definition) is 2. The lowest BCUT2D eigenvalue weighted by Gasteiger charge is -2.32. The summed E-state index contributed by atoms with van der Waals surface area (Å²) in [5.41, 5.74) is 3.03. The van der Waals surface area contributed by atoms with Gasteiger partial charge in [-0.1, -0.05) is 17.7 Å². The fourth-order valence-corrected chi connectivity index (χ4v) is 3.59. The molecule has 0 saturated carbocycles. The lowest BCUT2D eigenvalue weighted by Crippen LogP contribution is -2.43. The van der Waals surface area contributed by atoms with Gasteiger partial charge in [-0.05, 0) is 57.8 Å². The van der Waals surface area contributed by atoms with Crippen LogP contribution in [0.4, 0.5) is 0 Å². The average Bonchev–Trinajstić information content (AvgIpc) is 3.24. The van der Waals surface area contributed by atoms with Gasteiger partial charge >= 0.3 is 0 Å². The second-order valence-electron chi connectivity index (χ2n) is 7.86. The van der Waals surface area contributed by atoms with Gasteiger partial charge in [-0.15, -0.1) is 0 Å². The molecule has 2 heterocycles. The highest BCUT2D eigenvalue weighted by Gasteiger charge is 2.19. The van der Waals surface area contributed by atoms with Crippen LogP contribution in [0.3, 0.4) is 0 Å². The molecule has 1 saturated heterocycles. The van der Waals surface area contributed by atoms with Gasteiger partial charge in [0.15, 0.2) is 5.96 Å². The third-order valence-corrected chi connectivity index (χ3v) is 5.47. The first-order valence-electron chi connectivity index (χ1n) is 10.9. The molecule has 164 valence electrons. The second kappa shape index (κ2) is 11.7. The highest BCUT2D eigenvalue weighted by molar-refractivity contribution is 5.79. The van der Waals surface area contributed by atoms with Gasteiger partial charge in [-0.25, -0.2) is 9.98 Å². The van der Waals surface area contributed by atoms with Gasteiger partial charge in [0.05, 0.1) is 13.2 Å². The van der Waals surface area contributed by atoms with Crippen LogP contribution in [-0.4, -0.2) is 62.3 Å². The largest absolute Gasteiger partial charge is 0.444 e. The Morgan fingerprint density at radius 1 is 1.23 bits per heavy atom. The zero-order valence-electron chi connectivity index (χ0n) is 18.5. The van der Waals surface area contributed by atoms with Crippen LogP contribution in [0.1, 0.15) is 31.0 Å². The summed E-state index contributed by atoms with van der Waals surface area (Å²) >= 11 is 0. The van der Waals surface area contributed by atoms with Gasteiger partial charge in [0.2, 0.25) is 5.89 Å². The van der Waals surface area contributed by atoms with E-state index in [1.807, 2.05) is 12.1 Å². The number of aromatic nitrogens is 1. The first-order valence-corrected chi connectivity index (χ1v) is 10.9. The first-order chi connectivity index (χ1) is 14.7. The monoisotopic (exact) mass is 413 g/mol. The molecule has 0 aliphatic carbocycles. The van der Waals surface area contributed by atoms with Gasteiger partial charge in [0, 0.05) is 32.3 Å². The zero-order valence-corrected chi connectivity index (χ0v) is 18.5. The highest BCUT2D eigenvalue weighted by Crippen LogP contribution is 2.19. The Hall–Kier alpha value is -2.38. The molecule has 0 radical (unpaired) electrons. The van der Waals surface area contributed by atoms with Gasteiger partial charge in [-0.2, -0.15) is 0 Å². The summed E-state index contributed by atoms with van der Waals surface area (Å²) < 4.78 is 10.8. The van der Waals surface area contributed by atoms with Crippen molar-refractivity contribution in [2.75, 3.05) is 46.4 Å². The highest BCUT2D eigenvalue weighted by atomic mass is 16.5. The summed E-state index contributed by atoms with van der Waals surface area (Å²) in [4.78, 5) is 11.8. The smallest absolute Gasteiger partial charge is 0.226 e. The van der Waals surface area contributed by atoms with Crippen molar-refractivity contribution < 1.29 is 9.15 Å². The number of guanidine groups is 1. The number of ether oxygens (including phenoxy) is 1. The predicted molar refractivity (Wildman–Crippen MR) is 121 cm³/mol. The molecule has 1 aliphatic rings. The molecule has 0 bridgehead atoms. The number of likely N-dealkylation sites (tertiary alicyclic amines) is 1. The van der Waals surface area contributed by atoms with E-state index in [2.05, 4.69) is 51.5 Å². The van der Waals surface area contributed by atoms with Gasteiger partial charge in [0.25, 0.3) is 0 Å². The van der Waals surface area contributed by atoms with Crippen molar-refractivity contribution in [1.29, 1.82) is 0 Å². The topological polar surface area (TPSA) is 74.9 Å². The van der Waals surface area contributed by atoms with Crippen LogP contribution in [0, 0.1) is 12.8 Å². The molecular weight excluding hydrogens is 378 g/mol. The van der Waals surface area contributed by atoms with E-state index >= 15 is 0 Å². The second-order valence-corrected chi connectivity index (χ2v) is 7.86. The van der Waals surface area contributed by atoms with E-state index in [-0.39, 0.29) is 0 Å². The molecule has 1 aliphatic heterocycles. The maximum absolute atomic E-state index is 5.64. The third kappa shape index (κ3) is 6.85. The Morgan fingerprint density at radius 2 is 2.00 bits per heavy atom. The summed E-state index contributed by atoms with van der Waals surface area (Å²) in [6.45, 7) is 10.5. The molecule has 2 N–H and O–H groups in total. The molecule has 0 unspecified atom stereocenters. The minimum Gasteiger partial charge on any atom is -0.444 e. The van der Waals surface area contributed by atoms with Crippen LogP contribution >= 0.6 is 0 Å². The van der Waals surface area contributed by atoms with Gasteiger partial charge in [0.1, 0.15) is 12.0 Å². The summed E-state index contributed by atoms with van der Waals surface area (Å²) in [5, 5.41) is 6.83. The Labute approximate surface area is 179 Å². The van der Waals surface area contributed by atoms with Crippen LogP contribution in [0.15, 0.2) is 39.9 Å². The normalized spacial score (nSPS) is 16.0. The number of hydrogen-bond acceptors (Lipinski definition) is 5. The van der Waals surface area contributed by atoms with Crippen molar-refractivity contribution in [1.82, 2.24) is 20.5 Å². The molecule has 1 aromatic carbocycles. The number of methoxy groups -OCH3 is 1. The molecule has 0 amide bonds. The number of piperidine rings is 1. The maximum atomic E-state index is 5.64. The minimum absolute atomic E-state index is 0.486. The summed E-state index contributed by atoms with van der Waals surface area (Å²) in [5.74, 6) is 2.14. The van der Waals surface area contributed by atoms with Crippen molar-refractivity contribution in [2.45, 2.75) is 33.2 Å². The number of aliphatic imine (C=N–C) groups is 1. The van der Waals surface area contributed by atoms with Crippen LogP contribution in [0.25, 0.3) is 11.5 Å². The molecule has 30 heavy (non-hydrogen) atoms. The number of benzene rings is 1. The van der Waals surface area contributed by atoms with E-state index in [4.69, 9.17) is 9.15 Å².